The Morgan fingerprint density at radius 3 is 2.11 bits per heavy atom. The van der Waals surface area contributed by atoms with Crippen molar-refractivity contribution in [2.75, 3.05) is 31.6 Å². The summed E-state index contributed by atoms with van der Waals surface area (Å²) < 4.78 is 61.4. The number of hydrogen-bond acceptors (Lipinski definition) is 8. The quantitative estimate of drug-likeness (QED) is 0.180. The largest absolute Gasteiger partial charge is 0.484 e. The van der Waals surface area contributed by atoms with Crippen molar-refractivity contribution in [2.24, 2.45) is 5.10 Å². The summed E-state index contributed by atoms with van der Waals surface area (Å²) in [6.07, 6.45) is 1.34. The molecule has 2 amide bonds. The first-order chi connectivity index (χ1) is 22.5. The highest BCUT2D eigenvalue weighted by Crippen LogP contribution is 2.25. The molecule has 15 heteroatoms. The van der Waals surface area contributed by atoms with Gasteiger partial charge in [-0.3, -0.25) is 9.59 Å². The van der Waals surface area contributed by atoms with Crippen molar-refractivity contribution < 1.29 is 31.2 Å². The van der Waals surface area contributed by atoms with Crippen LogP contribution in [0.4, 0.5) is 5.69 Å². The predicted molar refractivity (Wildman–Crippen MR) is 177 cm³/mol. The van der Waals surface area contributed by atoms with E-state index in [1.165, 1.54) is 30.5 Å². The zero-order chi connectivity index (χ0) is 33.4. The molecule has 2 N–H and O–H groups in total. The van der Waals surface area contributed by atoms with E-state index in [-0.39, 0.29) is 35.4 Å². The number of hydrazone groups is 1. The minimum absolute atomic E-state index is 0.0232. The number of rotatable bonds is 11. The first-order valence-corrected chi connectivity index (χ1v) is 17.5. The molecule has 1 saturated heterocycles. The van der Waals surface area contributed by atoms with Gasteiger partial charge in [-0.15, -0.1) is 0 Å². The summed E-state index contributed by atoms with van der Waals surface area (Å²) in [7, 11) is -8.16. The molecule has 4 aromatic carbocycles. The number of carbonyl (C=O) groups is 2. The third-order valence-corrected chi connectivity index (χ3v) is 11.1. The number of amides is 2. The van der Waals surface area contributed by atoms with Crippen molar-refractivity contribution in [2.45, 2.75) is 15.8 Å². The van der Waals surface area contributed by atoms with Crippen LogP contribution in [0, 0.1) is 0 Å². The van der Waals surface area contributed by atoms with Gasteiger partial charge in [-0.1, -0.05) is 54.1 Å². The molecule has 1 fully saturated rings. The summed E-state index contributed by atoms with van der Waals surface area (Å²) in [5, 5.41) is 7.15. The van der Waals surface area contributed by atoms with E-state index in [1.54, 1.807) is 84.9 Å². The van der Waals surface area contributed by atoms with Crippen LogP contribution in [-0.2, 0) is 29.6 Å². The van der Waals surface area contributed by atoms with Crippen LogP contribution >= 0.6 is 11.6 Å². The van der Waals surface area contributed by atoms with Crippen molar-refractivity contribution >= 4 is 55.4 Å². The third kappa shape index (κ3) is 8.41. The molecular weight excluding hydrogens is 666 g/mol. The highest BCUT2D eigenvalue weighted by atomic mass is 35.5. The molecule has 0 aromatic heterocycles. The number of hydrogen-bond donors (Lipinski definition) is 2. The lowest BCUT2D eigenvalue weighted by Crippen LogP contribution is -2.60. The van der Waals surface area contributed by atoms with E-state index < -0.39 is 38.5 Å². The van der Waals surface area contributed by atoms with Gasteiger partial charge in [0.2, 0.25) is 20.0 Å². The lowest BCUT2D eigenvalue weighted by molar-refractivity contribution is -0.125. The highest BCUT2D eigenvalue weighted by Gasteiger charge is 2.43. The zero-order valence-electron chi connectivity index (χ0n) is 24.8. The summed E-state index contributed by atoms with van der Waals surface area (Å²) in [6.45, 7) is -1.05. The second-order valence-corrected chi connectivity index (χ2v) is 14.5. The Kier molecular flexibility index (Phi) is 10.7. The minimum Gasteiger partial charge on any atom is -0.484 e. The number of piperazine rings is 1. The average molecular weight is 696 g/mol. The topological polar surface area (TPSA) is 155 Å². The lowest BCUT2D eigenvalue weighted by atomic mass is 10.2. The van der Waals surface area contributed by atoms with Gasteiger partial charge in [-0.25, -0.2) is 22.3 Å². The van der Waals surface area contributed by atoms with Gasteiger partial charge >= 0.3 is 0 Å². The predicted octanol–water partition coefficient (Wildman–Crippen LogP) is 3.57. The average Bonchev–Trinajstić information content (AvgIpc) is 3.08. The highest BCUT2D eigenvalue weighted by molar-refractivity contribution is 7.89. The van der Waals surface area contributed by atoms with Crippen LogP contribution in [-0.4, -0.2) is 75.8 Å². The Bertz CT molecular complexity index is 1960. The maximum atomic E-state index is 13.6. The van der Waals surface area contributed by atoms with Crippen LogP contribution in [0.1, 0.15) is 5.56 Å². The number of nitrogens with zero attached hydrogens (tertiary/aromatic N) is 3. The first-order valence-electron chi connectivity index (χ1n) is 14.3. The summed E-state index contributed by atoms with van der Waals surface area (Å²) in [5.41, 5.74) is 3.46. The Hall–Kier alpha value is -4.60. The van der Waals surface area contributed by atoms with Gasteiger partial charge in [-0.05, 0) is 72.3 Å². The molecule has 0 spiro atoms. The molecule has 5 rings (SSSR count). The zero-order valence-corrected chi connectivity index (χ0v) is 27.2. The van der Waals surface area contributed by atoms with Crippen LogP contribution in [0.25, 0.3) is 0 Å². The smallest absolute Gasteiger partial charge is 0.262 e. The maximum Gasteiger partial charge on any atom is 0.262 e. The van der Waals surface area contributed by atoms with Crippen molar-refractivity contribution in [3.63, 3.8) is 0 Å². The molecular formula is C32H30ClN5O7S2. The van der Waals surface area contributed by atoms with Crippen LogP contribution in [0.15, 0.2) is 124 Å². The van der Waals surface area contributed by atoms with Gasteiger partial charge in [0, 0.05) is 30.3 Å². The van der Waals surface area contributed by atoms with Crippen molar-refractivity contribution in [1.29, 1.82) is 0 Å². The molecule has 47 heavy (non-hydrogen) atoms. The van der Waals surface area contributed by atoms with Gasteiger partial charge in [0.25, 0.3) is 11.8 Å². The Balaban J connectivity index is 1.25. The Morgan fingerprint density at radius 1 is 0.830 bits per heavy atom. The Labute approximate surface area is 277 Å². The molecule has 0 unspecified atom stereocenters. The molecule has 1 aliphatic heterocycles. The van der Waals surface area contributed by atoms with Gasteiger partial charge in [-0.2, -0.15) is 13.7 Å². The van der Waals surface area contributed by atoms with Crippen molar-refractivity contribution in [3.8, 4) is 5.75 Å². The fraction of sp³-hybridized carbons (Fsp3) is 0.156. The number of ether oxygens (including phenoxy) is 1. The maximum absolute atomic E-state index is 13.6. The van der Waals surface area contributed by atoms with E-state index in [0.29, 0.717) is 22.0 Å². The van der Waals surface area contributed by atoms with Crippen LogP contribution in [0.2, 0.25) is 5.02 Å². The number of carbonyl (C=O) groups excluding carboxylic acids is 2. The second kappa shape index (κ2) is 14.9. The minimum atomic E-state index is -4.15. The third-order valence-electron chi connectivity index (χ3n) is 7.07. The first kappa shape index (κ1) is 33.8. The number of sulfonamides is 2. The Morgan fingerprint density at radius 2 is 1.47 bits per heavy atom. The van der Waals surface area contributed by atoms with E-state index in [4.69, 9.17) is 16.3 Å². The number of benzene rings is 4. The summed E-state index contributed by atoms with van der Waals surface area (Å²) in [5.74, 6) is -0.766. The number of anilines is 1. The SMILES string of the molecule is O=C(COc1ccc(/C=N\NC(=O)[C@@H]2CN(S(=O)(=O)c3ccccc3)CCN2S(=O)(=O)c2ccccc2)cc1)Nc1cccc(Cl)c1. The molecule has 1 heterocycles. The normalized spacial score (nSPS) is 16.1. The molecule has 12 nitrogen and oxygen atoms in total. The second-order valence-electron chi connectivity index (χ2n) is 10.3. The number of halogens is 1. The number of nitrogens with one attached hydrogen (secondary N) is 2. The van der Waals surface area contributed by atoms with Crippen molar-refractivity contribution in [1.82, 2.24) is 14.0 Å². The van der Waals surface area contributed by atoms with Gasteiger partial charge in [0.1, 0.15) is 11.8 Å². The molecule has 1 aliphatic rings. The standard InChI is InChI=1S/C32H30ClN5O7S2/c33-25-8-7-9-26(20-25)35-31(39)23-45-27-16-14-24(15-17-27)21-34-36-32(40)30-22-37(46(41,42)28-10-3-1-4-11-28)18-19-38(30)47(43,44)29-12-5-2-6-13-29/h1-17,20-21,30H,18-19,22-23H2,(H,35,39)(H,36,40)/b34-21-/t30-/m0/s1. The van der Waals surface area contributed by atoms with E-state index >= 15 is 0 Å². The van der Waals surface area contributed by atoms with Crippen molar-refractivity contribution in [3.05, 3.63) is 120 Å². The van der Waals surface area contributed by atoms with E-state index in [9.17, 15) is 26.4 Å². The van der Waals surface area contributed by atoms with Crippen LogP contribution < -0.4 is 15.5 Å². The fourth-order valence-corrected chi connectivity index (χ4v) is 7.98. The molecule has 0 bridgehead atoms. The van der Waals surface area contributed by atoms with Gasteiger partial charge in [0.05, 0.1) is 16.0 Å². The van der Waals surface area contributed by atoms with Gasteiger partial charge in [0.15, 0.2) is 6.61 Å². The summed E-state index contributed by atoms with van der Waals surface area (Å²) >= 11 is 5.93. The van der Waals surface area contributed by atoms with E-state index in [0.717, 1.165) is 8.61 Å². The molecule has 4 aromatic rings. The molecule has 0 saturated carbocycles. The van der Waals surface area contributed by atoms with Gasteiger partial charge < -0.3 is 10.1 Å². The molecule has 0 aliphatic carbocycles. The van der Waals surface area contributed by atoms with Crippen LogP contribution in [0.3, 0.4) is 0 Å². The molecule has 244 valence electrons. The molecule has 0 radical (unpaired) electrons. The van der Waals surface area contributed by atoms with E-state index in [1.807, 2.05) is 0 Å². The van der Waals surface area contributed by atoms with E-state index in [2.05, 4.69) is 15.8 Å². The summed E-state index contributed by atoms with van der Waals surface area (Å²) in [4.78, 5) is 25.6. The fourth-order valence-electron chi connectivity index (χ4n) is 4.74. The van der Waals surface area contributed by atoms with Crippen LogP contribution in [0.5, 0.6) is 5.75 Å². The summed E-state index contributed by atoms with van der Waals surface area (Å²) in [6, 6.07) is 27.2. The lowest BCUT2D eigenvalue weighted by Gasteiger charge is -2.38. The molecule has 1 atom stereocenters. The monoisotopic (exact) mass is 695 g/mol.